The predicted molar refractivity (Wildman–Crippen MR) is 94.3 cm³/mol. The summed E-state index contributed by atoms with van der Waals surface area (Å²) in [6, 6.07) is 3.89. The molecule has 2 unspecified atom stereocenters. The first-order valence-electron chi connectivity index (χ1n) is 8.26. The van der Waals surface area contributed by atoms with Crippen molar-refractivity contribution < 1.29 is 4.79 Å². The number of carbonyl (C=O) groups is 1. The van der Waals surface area contributed by atoms with Gasteiger partial charge in [-0.05, 0) is 18.3 Å². The number of aromatic nitrogens is 3. The monoisotopic (exact) mass is 364 g/mol. The number of amides is 1. The highest BCUT2D eigenvalue weighted by Crippen LogP contribution is 2.70. The highest BCUT2D eigenvalue weighted by atomic mass is 32.1. The van der Waals surface area contributed by atoms with Crippen LogP contribution in [0.5, 0.6) is 0 Å². The van der Waals surface area contributed by atoms with Crippen molar-refractivity contribution in [2.45, 2.75) is 44.4 Å². The maximum atomic E-state index is 13.4. The quantitative estimate of drug-likeness (QED) is 0.876. The molecule has 4 rings (SSSR count). The van der Waals surface area contributed by atoms with Gasteiger partial charge >= 0.3 is 0 Å². The lowest BCUT2D eigenvalue weighted by Crippen LogP contribution is -2.48. The van der Waals surface area contributed by atoms with Crippen LogP contribution in [0.4, 0.5) is 5.13 Å². The predicted octanol–water partition coefficient (Wildman–Crippen LogP) is 2.64. The number of carbonyl (C=O) groups excluding carboxylic acids is 1. The van der Waals surface area contributed by atoms with Gasteiger partial charge in [0.25, 0.3) is 0 Å². The molecule has 130 valence electrons. The number of anilines is 1. The van der Waals surface area contributed by atoms with Crippen molar-refractivity contribution in [1.82, 2.24) is 15.0 Å². The van der Waals surface area contributed by atoms with Crippen molar-refractivity contribution in [3.8, 4) is 12.1 Å². The molecule has 2 aliphatic carbocycles. The van der Waals surface area contributed by atoms with E-state index in [0.29, 0.717) is 22.9 Å². The molecule has 0 radical (unpaired) electrons. The molecule has 0 aromatic carbocycles. The van der Waals surface area contributed by atoms with Gasteiger partial charge in [0.05, 0.1) is 16.8 Å². The molecule has 0 saturated heterocycles. The summed E-state index contributed by atoms with van der Waals surface area (Å²) in [5.74, 6) is -0.178. The molecule has 1 fully saturated rings. The third kappa shape index (κ3) is 1.70. The number of fused-ring (bicyclic) bond motifs is 5. The minimum absolute atomic E-state index is 0.0197. The van der Waals surface area contributed by atoms with E-state index >= 15 is 0 Å². The van der Waals surface area contributed by atoms with E-state index in [1.165, 1.54) is 11.3 Å². The highest BCUT2D eigenvalue weighted by molar-refractivity contribution is 7.13. The van der Waals surface area contributed by atoms with Gasteiger partial charge in [-0.15, -0.1) is 11.3 Å². The summed E-state index contributed by atoms with van der Waals surface area (Å²) in [5.41, 5.74) is -0.583. The van der Waals surface area contributed by atoms with Crippen molar-refractivity contribution in [1.29, 1.82) is 10.5 Å². The van der Waals surface area contributed by atoms with Gasteiger partial charge in [-0.25, -0.2) is 15.0 Å². The van der Waals surface area contributed by atoms with Gasteiger partial charge in [0.2, 0.25) is 5.91 Å². The molecule has 2 aromatic rings. The van der Waals surface area contributed by atoms with Gasteiger partial charge in [0.15, 0.2) is 16.5 Å². The second-order valence-electron chi connectivity index (χ2n) is 7.50. The Kier molecular flexibility index (Phi) is 3.25. The number of nitrogens with zero attached hydrogens (tertiary/aromatic N) is 5. The Labute approximate surface area is 154 Å². The number of hydrogen-bond donors (Lipinski definition) is 1. The zero-order valence-electron chi connectivity index (χ0n) is 14.6. The van der Waals surface area contributed by atoms with Crippen molar-refractivity contribution in [3.63, 3.8) is 0 Å². The van der Waals surface area contributed by atoms with Gasteiger partial charge in [0, 0.05) is 17.0 Å². The standard InChI is InChI=1S/C18H16N6OS/c1-16(2)17(3)4-5-18(16,14(25)24-15-21-6-7-26-15)13-12(17)22-10(8-19)11(9-20)23-13/h6-7H,4-5H2,1-3H3,(H,21,24,25). The number of thiazole rings is 1. The molecular weight excluding hydrogens is 348 g/mol. The summed E-state index contributed by atoms with van der Waals surface area (Å²) >= 11 is 1.35. The maximum absolute atomic E-state index is 13.4. The van der Waals surface area contributed by atoms with Crippen molar-refractivity contribution in [2.75, 3.05) is 5.32 Å². The van der Waals surface area contributed by atoms with Gasteiger partial charge in [0.1, 0.15) is 12.1 Å². The Morgan fingerprint density at radius 2 is 1.81 bits per heavy atom. The Balaban J connectivity index is 1.95. The topological polar surface area (TPSA) is 115 Å². The zero-order valence-corrected chi connectivity index (χ0v) is 15.4. The Morgan fingerprint density at radius 1 is 1.15 bits per heavy atom. The van der Waals surface area contributed by atoms with E-state index in [2.05, 4.69) is 27.2 Å². The van der Waals surface area contributed by atoms with Crippen LogP contribution >= 0.6 is 11.3 Å². The molecule has 0 spiro atoms. The lowest BCUT2D eigenvalue weighted by molar-refractivity contribution is -0.125. The van der Waals surface area contributed by atoms with Gasteiger partial charge in [-0.3, -0.25) is 4.79 Å². The second kappa shape index (κ2) is 5.09. The zero-order chi connectivity index (χ0) is 18.7. The van der Waals surface area contributed by atoms with E-state index in [1.807, 2.05) is 26.0 Å². The average Bonchev–Trinajstić information content (AvgIpc) is 3.23. The molecular formula is C18H16N6OS. The largest absolute Gasteiger partial charge is 0.301 e. The number of hydrogen-bond acceptors (Lipinski definition) is 7. The first kappa shape index (κ1) is 16.6. The summed E-state index contributed by atoms with van der Waals surface area (Å²) in [6.07, 6.45) is 3.02. The van der Waals surface area contributed by atoms with Gasteiger partial charge in [-0.1, -0.05) is 20.8 Å². The summed E-state index contributed by atoms with van der Waals surface area (Å²) in [5, 5.41) is 23.9. The molecule has 1 N–H and O–H groups in total. The summed E-state index contributed by atoms with van der Waals surface area (Å²) in [7, 11) is 0. The third-order valence-corrected chi connectivity index (χ3v) is 7.21. The van der Waals surface area contributed by atoms with E-state index in [4.69, 9.17) is 0 Å². The lowest BCUT2D eigenvalue weighted by Gasteiger charge is -2.39. The van der Waals surface area contributed by atoms with Crippen LogP contribution in [0.15, 0.2) is 11.6 Å². The van der Waals surface area contributed by atoms with Crippen molar-refractivity contribution in [2.24, 2.45) is 5.41 Å². The van der Waals surface area contributed by atoms with Crippen LogP contribution in [-0.2, 0) is 15.6 Å². The van der Waals surface area contributed by atoms with Crippen LogP contribution in [0, 0.1) is 28.1 Å². The second-order valence-corrected chi connectivity index (χ2v) is 8.39. The minimum atomic E-state index is -0.907. The van der Waals surface area contributed by atoms with E-state index in [9.17, 15) is 15.3 Å². The molecule has 8 heteroatoms. The first-order chi connectivity index (χ1) is 12.3. The van der Waals surface area contributed by atoms with E-state index in [-0.39, 0.29) is 17.3 Å². The van der Waals surface area contributed by atoms with E-state index in [0.717, 1.165) is 6.42 Å². The Morgan fingerprint density at radius 3 is 2.38 bits per heavy atom. The number of nitrogens with one attached hydrogen (secondary N) is 1. The molecule has 2 bridgehead atoms. The average molecular weight is 364 g/mol. The molecule has 2 aliphatic rings. The smallest absolute Gasteiger partial charge is 0.239 e. The summed E-state index contributed by atoms with van der Waals surface area (Å²) in [6.45, 7) is 6.16. The molecule has 26 heavy (non-hydrogen) atoms. The number of rotatable bonds is 2. The first-order valence-corrected chi connectivity index (χ1v) is 9.14. The van der Waals surface area contributed by atoms with Crippen LogP contribution in [-0.4, -0.2) is 20.9 Å². The van der Waals surface area contributed by atoms with Gasteiger partial charge in [-0.2, -0.15) is 10.5 Å². The van der Waals surface area contributed by atoms with Crippen LogP contribution in [0.25, 0.3) is 0 Å². The fourth-order valence-corrected chi connectivity index (χ4v) is 5.15. The van der Waals surface area contributed by atoms with Crippen LogP contribution in [0.2, 0.25) is 0 Å². The van der Waals surface area contributed by atoms with Crippen molar-refractivity contribution in [3.05, 3.63) is 34.4 Å². The Hall–Kier alpha value is -2.84. The molecule has 1 amide bonds. The fraction of sp³-hybridized carbons (Fsp3) is 0.444. The van der Waals surface area contributed by atoms with Gasteiger partial charge < -0.3 is 5.32 Å². The summed E-state index contributed by atoms with van der Waals surface area (Å²) in [4.78, 5) is 26.5. The molecule has 7 nitrogen and oxygen atoms in total. The van der Waals surface area contributed by atoms with Crippen molar-refractivity contribution >= 4 is 22.4 Å². The molecule has 0 aliphatic heterocycles. The lowest BCUT2D eigenvalue weighted by atomic mass is 9.63. The fourth-order valence-electron chi connectivity index (χ4n) is 4.63. The molecule has 2 heterocycles. The van der Waals surface area contributed by atoms with Crippen LogP contribution < -0.4 is 5.32 Å². The third-order valence-electron chi connectivity index (χ3n) is 6.52. The highest BCUT2D eigenvalue weighted by Gasteiger charge is 2.73. The van der Waals surface area contributed by atoms with Crippen LogP contribution in [0.3, 0.4) is 0 Å². The van der Waals surface area contributed by atoms with Crippen LogP contribution in [0.1, 0.15) is 56.4 Å². The molecule has 2 atom stereocenters. The molecule has 1 saturated carbocycles. The van der Waals surface area contributed by atoms with E-state index in [1.54, 1.807) is 11.6 Å². The maximum Gasteiger partial charge on any atom is 0.239 e. The number of nitriles is 2. The minimum Gasteiger partial charge on any atom is -0.301 e. The normalized spacial score (nSPS) is 27.4. The Bertz CT molecular complexity index is 1020. The van der Waals surface area contributed by atoms with E-state index < -0.39 is 16.2 Å². The molecule has 2 aromatic heterocycles. The summed E-state index contributed by atoms with van der Waals surface area (Å²) < 4.78 is 0. The SMILES string of the molecule is CC12CCC(C(=O)Nc3nccs3)(c3nc(C#N)c(C#N)nc31)C2(C)C.